The molecule has 202 valence electrons. The number of carbonyl (C=O) groups excluding carboxylic acids is 3. The van der Waals surface area contributed by atoms with E-state index in [1.807, 2.05) is 103 Å². The molecule has 0 aliphatic carbocycles. The number of hydrogen-bond donors (Lipinski definition) is 1. The van der Waals surface area contributed by atoms with E-state index in [0.717, 1.165) is 28.7 Å². The van der Waals surface area contributed by atoms with Crippen molar-refractivity contribution < 1.29 is 14.4 Å². The molecule has 4 amide bonds. The molecule has 2 atom stereocenters. The monoisotopic (exact) mass is 525 g/mol. The van der Waals surface area contributed by atoms with Crippen molar-refractivity contribution in [1.29, 1.82) is 0 Å². The zero-order chi connectivity index (χ0) is 27.4. The summed E-state index contributed by atoms with van der Waals surface area (Å²) in [5.41, 5.74) is 3.93. The predicted molar refractivity (Wildman–Crippen MR) is 149 cm³/mol. The maximum atomic E-state index is 13.9. The number of benzene rings is 3. The maximum Gasteiger partial charge on any atom is 0.332 e. The van der Waals surface area contributed by atoms with Crippen LogP contribution >= 0.6 is 0 Å². The lowest BCUT2D eigenvalue weighted by atomic mass is 10.00. The number of amides is 4. The standard InChI is InChI=1S/C31H35N5O3/c1-3-17-34(31(39)32-19-24-12-6-4-7-13-24)35-22-28(37)36-27(35)21-33(20-25-14-10-11-23(2)18-25)30(38)29(36)26-15-8-5-9-16-26/h4-16,18,27,29H,3,17,19-22H2,1-2H3,(H,32,39)/t27-,29+/m1/s1. The fourth-order valence-electron chi connectivity index (χ4n) is 5.49. The van der Waals surface area contributed by atoms with Gasteiger partial charge in [0.15, 0.2) is 0 Å². The lowest BCUT2D eigenvalue weighted by molar-refractivity contribution is -0.158. The summed E-state index contributed by atoms with van der Waals surface area (Å²) in [6, 6.07) is 26.3. The highest BCUT2D eigenvalue weighted by molar-refractivity contribution is 5.92. The first-order valence-electron chi connectivity index (χ1n) is 13.5. The zero-order valence-corrected chi connectivity index (χ0v) is 22.5. The van der Waals surface area contributed by atoms with Gasteiger partial charge in [-0.25, -0.2) is 4.79 Å². The number of carbonyl (C=O) groups is 3. The van der Waals surface area contributed by atoms with Crippen LogP contribution in [0.25, 0.3) is 0 Å². The molecule has 0 bridgehead atoms. The molecule has 0 aromatic heterocycles. The summed E-state index contributed by atoms with van der Waals surface area (Å²) in [5, 5.41) is 6.51. The second kappa shape index (κ2) is 11.7. The highest BCUT2D eigenvalue weighted by Crippen LogP contribution is 2.36. The Balaban J connectivity index is 1.45. The Morgan fingerprint density at radius 3 is 2.33 bits per heavy atom. The van der Waals surface area contributed by atoms with Crippen LogP contribution in [0.2, 0.25) is 0 Å². The van der Waals surface area contributed by atoms with E-state index in [1.165, 1.54) is 0 Å². The topological polar surface area (TPSA) is 76.2 Å². The summed E-state index contributed by atoms with van der Waals surface area (Å²) < 4.78 is 0. The number of hydrogen-bond acceptors (Lipinski definition) is 4. The quantitative estimate of drug-likeness (QED) is 0.481. The first kappa shape index (κ1) is 26.4. The van der Waals surface area contributed by atoms with E-state index in [4.69, 9.17) is 0 Å². The molecular weight excluding hydrogens is 490 g/mol. The molecule has 5 rings (SSSR count). The normalized spacial score (nSPS) is 19.2. The Bertz CT molecular complexity index is 1320. The van der Waals surface area contributed by atoms with Crippen LogP contribution in [0.5, 0.6) is 0 Å². The lowest BCUT2D eigenvalue weighted by Crippen LogP contribution is -2.62. The van der Waals surface area contributed by atoms with Gasteiger partial charge in [0.1, 0.15) is 12.2 Å². The van der Waals surface area contributed by atoms with E-state index in [9.17, 15) is 14.4 Å². The zero-order valence-electron chi connectivity index (χ0n) is 22.5. The summed E-state index contributed by atoms with van der Waals surface area (Å²) >= 11 is 0. The number of aryl methyl sites for hydroxylation is 1. The molecule has 2 saturated heterocycles. The number of nitrogens with zero attached hydrogens (tertiary/aromatic N) is 4. The molecular formula is C31H35N5O3. The Labute approximate surface area is 229 Å². The maximum absolute atomic E-state index is 13.9. The third-order valence-corrected chi connectivity index (χ3v) is 7.30. The van der Waals surface area contributed by atoms with Gasteiger partial charge in [0.05, 0.1) is 13.1 Å². The number of urea groups is 1. The first-order valence-corrected chi connectivity index (χ1v) is 13.5. The van der Waals surface area contributed by atoms with Gasteiger partial charge in [-0.2, -0.15) is 5.01 Å². The molecule has 2 aliphatic rings. The molecule has 39 heavy (non-hydrogen) atoms. The van der Waals surface area contributed by atoms with E-state index in [-0.39, 0.29) is 24.4 Å². The number of piperazine rings is 1. The van der Waals surface area contributed by atoms with Crippen molar-refractivity contribution in [2.75, 3.05) is 19.6 Å². The number of hydrazine groups is 1. The van der Waals surface area contributed by atoms with Crippen molar-refractivity contribution in [2.45, 2.75) is 45.6 Å². The van der Waals surface area contributed by atoms with Crippen molar-refractivity contribution in [1.82, 2.24) is 25.1 Å². The van der Waals surface area contributed by atoms with Crippen LogP contribution in [0, 0.1) is 6.92 Å². The van der Waals surface area contributed by atoms with Gasteiger partial charge >= 0.3 is 6.03 Å². The van der Waals surface area contributed by atoms with Gasteiger partial charge in [-0.3, -0.25) is 14.6 Å². The molecule has 2 fully saturated rings. The van der Waals surface area contributed by atoms with E-state index in [1.54, 1.807) is 9.91 Å². The molecule has 8 heteroatoms. The molecule has 0 unspecified atom stereocenters. The van der Waals surface area contributed by atoms with Crippen molar-refractivity contribution >= 4 is 17.8 Å². The van der Waals surface area contributed by atoms with Crippen LogP contribution in [-0.4, -0.2) is 63.5 Å². The van der Waals surface area contributed by atoms with E-state index < -0.39 is 12.2 Å². The van der Waals surface area contributed by atoms with Crippen LogP contribution in [0.1, 0.15) is 41.6 Å². The molecule has 8 nitrogen and oxygen atoms in total. The third kappa shape index (κ3) is 5.66. The van der Waals surface area contributed by atoms with Gasteiger partial charge in [-0.05, 0) is 30.0 Å². The van der Waals surface area contributed by atoms with Crippen LogP contribution in [0.4, 0.5) is 4.79 Å². The molecule has 0 saturated carbocycles. The molecule has 1 N–H and O–H groups in total. The van der Waals surface area contributed by atoms with Crippen LogP contribution in [-0.2, 0) is 22.7 Å². The summed E-state index contributed by atoms with van der Waals surface area (Å²) in [4.78, 5) is 44.4. The smallest absolute Gasteiger partial charge is 0.332 e. The van der Waals surface area contributed by atoms with Crippen LogP contribution in [0.15, 0.2) is 84.9 Å². The van der Waals surface area contributed by atoms with Gasteiger partial charge in [0, 0.05) is 19.6 Å². The van der Waals surface area contributed by atoms with Gasteiger partial charge in [0.2, 0.25) is 5.91 Å². The first-order chi connectivity index (χ1) is 19.0. The van der Waals surface area contributed by atoms with Crippen molar-refractivity contribution in [3.05, 3.63) is 107 Å². The molecule has 3 aromatic rings. The Hall–Kier alpha value is -4.17. The third-order valence-electron chi connectivity index (χ3n) is 7.30. The summed E-state index contributed by atoms with van der Waals surface area (Å²) in [7, 11) is 0. The fourth-order valence-corrected chi connectivity index (χ4v) is 5.49. The Kier molecular flexibility index (Phi) is 7.93. The molecule has 3 aromatic carbocycles. The lowest BCUT2D eigenvalue weighted by Gasteiger charge is -2.46. The van der Waals surface area contributed by atoms with E-state index in [0.29, 0.717) is 26.2 Å². The van der Waals surface area contributed by atoms with Crippen LogP contribution < -0.4 is 5.32 Å². The van der Waals surface area contributed by atoms with Crippen LogP contribution in [0.3, 0.4) is 0 Å². The molecule has 2 heterocycles. The second-order valence-electron chi connectivity index (χ2n) is 10.2. The summed E-state index contributed by atoms with van der Waals surface area (Å²) in [6.45, 7) is 5.68. The van der Waals surface area contributed by atoms with E-state index >= 15 is 0 Å². The Morgan fingerprint density at radius 2 is 1.64 bits per heavy atom. The largest absolute Gasteiger partial charge is 0.333 e. The number of nitrogens with one attached hydrogen (secondary N) is 1. The molecule has 0 radical (unpaired) electrons. The highest BCUT2D eigenvalue weighted by atomic mass is 16.2. The summed E-state index contributed by atoms with van der Waals surface area (Å²) in [5.74, 6) is -0.265. The minimum absolute atomic E-state index is 0.0400. The van der Waals surface area contributed by atoms with Gasteiger partial charge in [-0.15, -0.1) is 0 Å². The molecule has 2 aliphatic heterocycles. The second-order valence-corrected chi connectivity index (χ2v) is 10.2. The highest BCUT2D eigenvalue weighted by Gasteiger charge is 2.52. The van der Waals surface area contributed by atoms with Gasteiger partial charge in [0.25, 0.3) is 5.91 Å². The predicted octanol–water partition coefficient (Wildman–Crippen LogP) is 4.09. The van der Waals surface area contributed by atoms with Gasteiger partial charge in [-0.1, -0.05) is 97.4 Å². The van der Waals surface area contributed by atoms with Crippen molar-refractivity contribution in [2.24, 2.45) is 0 Å². The Morgan fingerprint density at radius 1 is 0.949 bits per heavy atom. The van der Waals surface area contributed by atoms with E-state index in [2.05, 4.69) is 11.4 Å². The van der Waals surface area contributed by atoms with Gasteiger partial charge < -0.3 is 15.1 Å². The average molecular weight is 526 g/mol. The minimum Gasteiger partial charge on any atom is -0.333 e. The summed E-state index contributed by atoms with van der Waals surface area (Å²) in [6.07, 6.45) is 0.267. The average Bonchev–Trinajstić information content (AvgIpc) is 3.27. The number of rotatable bonds is 8. The van der Waals surface area contributed by atoms with Crippen molar-refractivity contribution in [3.63, 3.8) is 0 Å². The number of fused-ring (bicyclic) bond motifs is 1. The molecule has 0 spiro atoms. The minimum atomic E-state index is -0.747. The fraction of sp³-hybridized carbons (Fsp3) is 0.323. The van der Waals surface area contributed by atoms with Crippen molar-refractivity contribution in [3.8, 4) is 0 Å². The SMILES string of the molecule is CCCN(C(=O)NCc1ccccc1)N1CC(=O)N2[C@@H](c3ccccc3)C(=O)N(Cc3cccc(C)c3)C[C@@H]21.